The minimum Gasteiger partial charge on any atom is -0.379 e. The van der Waals surface area contributed by atoms with Gasteiger partial charge in [0.05, 0.1) is 0 Å². The molecule has 0 aliphatic heterocycles. The van der Waals surface area contributed by atoms with Gasteiger partial charge in [-0.15, -0.1) is 0 Å². The lowest BCUT2D eigenvalue weighted by Crippen LogP contribution is -2.39. The van der Waals surface area contributed by atoms with Gasteiger partial charge in [0.2, 0.25) is 17.5 Å². The summed E-state index contributed by atoms with van der Waals surface area (Å²) in [6.07, 6.45) is 0. The largest absolute Gasteiger partial charge is 0.379 e. The second-order valence-corrected chi connectivity index (χ2v) is 5.37. The molecule has 0 heterocycles. The van der Waals surface area contributed by atoms with E-state index in [4.69, 9.17) is 0 Å². The number of likely N-dealkylation sites (N-methyl/N-ethyl adjacent to an activating group) is 1. The Balaban J connectivity index is 2.39. The van der Waals surface area contributed by atoms with Crippen molar-refractivity contribution >= 4 is 17.5 Å². The molecule has 0 radical (unpaired) electrons. The van der Waals surface area contributed by atoms with Gasteiger partial charge in [-0.3, -0.25) is 14.4 Å². The fraction of sp³-hybridized carbons (Fsp3) is 0.312. The van der Waals surface area contributed by atoms with Crippen LogP contribution in [0.1, 0.15) is 27.6 Å². The summed E-state index contributed by atoms with van der Waals surface area (Å²) in [4.78, 5) is 38.4. The van der Waals surface area contributed by atoms with Crippen LogP contribution < -0.4 is 10.6 Å². The highest BCUT2D eigenvalue weighted by Crippen LogP contribution is 2.23. The topological polar surface area (TPSA) is 78.5 Å². The summed E-state index contributed by atoms with van der Waals surface area (Å²) in [5, 5.41) is 5.47. The van der Waals surface area contributed by atoms with Gasteiger partial charge in [-0.2, -0.15) is 0 Å². The first-order valence-electron chi connectivity index (χ1n) is 7.00. The van der Waals surface area contributed by atoms with Crippen LogP contribution in [0.2, 0.25) is 0 Å². The van der Waals surface area contributed by atoms with Crippen LogP contribution in [-0.4, -0.2) is 49.6 Å². The molecule has 0 saturated heterocycles. The summed E-state index contributed by atoms with van der Waals surface area (Å²) in [5.74, 6) is -1.02. The van der Waals surface area contributed by atoms with E-state index in [0.717, 1.165) is 0 Å². The molecule has 1 aliphatic carbocycles. The van der Waals surface area contributed by atoms with Crippen LogP contribution in [0.5, 0.6) is 0 Å². The van der Waals surface area contributed by atoms with Crippen molar-refractivity contribution in [3.63, 3.8) is 0 Å². The minimum absolute atomic E-state index is 0.0231. The van der Waals surface area contributed by atoms with Crippen LogP contribution in [0, 0.1) is 0 Å². The van der Waals surface area contributed by atoms with E-state index in [9.17, 15) is 14.4 Å². The van der Waals surface area contributed by atoms with Crippen LogP contribution in [0.3, 0.4) is 0 Å². The van der Waals surface area contributed by atoms with Crippen LogP contribution in [-0.2, 0) is 4.79 Å². The number of nitrogens with one attached hydrogen (secondary N) is 2. The maximum absolute atomic E-state index is 12.6. The van der Waals surface area contributed by atoms with E-state index in [2.05, 4.69) is 10.6 Å². The maximum Gasteiger partial charge on any atom is 0.221 e. The van der Waals surface area contributed by atoms with Gasteiger partial charge in [-0.1, -0.05) is 24.3 Å². The SMILES string of the molecule is CC(=O)NC1=C(NCCN(C)C)C(=O)c2ccccc2C1=O. The lowest BCUT2D eigenvalue weighted by Gasteiger charge is -2.22. The number of ketones is 2. The first-order chi connectivity index (χ1) is 10.4. The summed E-state index contributed by atoms with van der Waals surface area (Å²) in [5.41, 5.74) is 0.846. The zero-order chi connectivity index (χ0) is 16.3. The highest BCUT2D eigenvalue weighted by molar-refractivity contribution is 6.27. The molecule has 0 aromatic heterocycles. The lowest BCUT2D eigenvalue weighted by molar-refractivity contribution is -0.118. The van der Waals surface area contributed by atoms with Crippen LogP contribution >= 0.6 is 0 Å². The number of carbonyl (C=O) groups excluding carboxylic acids is 3. The summed E-state index contributed by atoms with van der Waals surface area (Å²) in [7, 11) is 3.82. The summed E-state index contributed by atoms with van der Waals surface area (Å²) in [6.45, 7) is 2.50. The monoisotopic (exact) mass is 301 g/mol. The normalized spacial score (nSPS) is 14.2. The molecule has 22 heavy (non-hydrogen) atoms. The van der Waals surface area contributed by atoms with E-state index in [1.807, 2.05) is 19.0 Å². The molecule has 0 saturated carbocycles. The highest BCUT2D eigenvalue weighted by atomic mass is 16.2. The second kappa shape index (κ2) is 6.53. The average Bonchev–Trinajstić information content (AvgIpc) is 2.47. The van der Waals surface area contributed by atoms with Gasteiger partial charge in [0.15, 0.2) is 0 Å². The molecule has 1 aromatic carbocycles. The molecular weight excluding hydrogens is 282 g/mol. The van der Waals surface area contributed by atoms with Crippen molar-refractivity contribution in [2.24, 2.45) is 0 Å². The van der Waals surface area contributed by atoms with Gasteiger partial charge in [-0.05, 0) is 14.1 Å². The molecule has 6 nitrogen and oxygen atoms in total. The van der Waals surface area contributed by atoms with E-state index >= 15 is 0 Å². The number of nitrogens with zero attached hydrogens (tertiary/aromatic N) is 1. The van der Waals surface area contributed by atoms with Crippen molar-refractivity contribution in [1.82, 2.24) is 15.5 Å². The average molecular weight is 301 g/mol. The lowest BCUT2D eigenvalue weighted by atomic mass is 9.90. The number of Topliss-reactive ketones (excluding diaryl/α,β-unsaturated/α-hetero) is 2. The number of rotatable bonds is 5. The quantitative estimate of drug-likeness (QED) is 0.831. The Bertz CT molecular complexity index is 662. The number of amides is 1. The van der Waals surface area contributed by atoms with Crippen LogP contribution in [0.4, 0.5) is 0 Å². The van der Waals surface area contributed by atoms with E-state index in [-0.39, 0.29) is 28.9 Å². The van der Waals surface area contributed by atoms with Crippen molar-refractivity contribution < 1.29 is 14.4 Å². The van der Waals surface area contributed by atoms with E-state index < -0.39 is 0 Å². The molecule has 0 unspecified atom stereocenters. The van der Waals surface area contributed by atoms with Crippen molar-refractivity contribution in [2.75, 3.05) is 27.2 Å². The first-order valence-corrected chi connectivity index (χ1v) is 7.00. The Labute approximate surface area is 129 Å². The zero-order valence-electron chi connectivity index (χ0n) is 12.9. The van der Waals surface area contributed by atoms with Crippen molar-refractivity contribution in [3.05, 3.63) is 46.8 Å². The zero-order valence-corrected chi connectivity index (χ0v) is 12.9. The number of benzene rings is 1. The van der Waals surface area contributed by atoms with Crippen molar-refractivity contribution in [1.29, 1.82) is 0 Å². The van der Waals surface area contributed by atoms with Gasteiger partial charge >= 0.3 is 0 Å². The van der Waals surface area contributed by atoms with Crippen molar-refractivity contribution in [3.8, 4) is 0 Å². The highest BCUT2D eigenvalue weighted by Gasteiger charge is 2.32. The van der Waals surface area contributed by atoms with Crippen LogP contribution in [0.25, 0.3) is 0 Å². The van der Waals surface area contributed by atoms with E-state index in [1.54, 1.807) is 24.3 Å². The Morgan fingerprint density at radius 3 is 2.09 bits per heavy atom. The Hall–Kier alpha value is -2.47. The van der Waals surface area contributed by atoms with Gasteiger partial charge in [-0.25, -0.2) is 0 Å². The molecule has 116 valence electrons. The minimum atomic E-state index is -0.387. The summed E-state index contributed by atoms with van der Waals surface area (Å²) in [6, 6.07) is 6.62. The Kier molecular flexibility index (Phi) is 4.72. The molecule has 2 rings (SSSR count). The molecule has 2 N–H and O–H groups in total. The Morgan fingerprint density at radius 1 is 1.05 bits per heavy atom. The molecule has 6 heteroatoms. The number of carbonyl (C=O) groups is 3. The third-order valence-electron chi connectivity index (χ3n) is 3.28. The number of fused-ring (bicyclic) bond motifs is 1. The first kappa shape index (κ1) is 15.9. The fourth-order valence-electron chi connectivity index (χ4n) is 2.24. The number of hydrogen-bond acceptors (Lipinski definition) is 5. The predicted molar refractivity (Wildman–Crippen MR) is 82.5 cm³/mol. The standard InChI is InChI=1S/C16H19N3O3/c1-10(20)18-14-13(17-8-9-19(2)3)15(21)11-6-4-5-7-12(11)16(14)22/h4-7,17H,8-9H2,1-3H3,(H,18,20). The Morgan fingerprint density at radius 2 is 1.59 bits per heavy atom. The van der Waals surface area contributed by atoms with Gasteiger partial charge in [0, 0.05) is 31.1 Å². The number of hydrogen-bond donors (Lipinski definition) is 2. The molecule has 0 spiro atoms. The van der Waals surface area contributed by atoms with E-state index in [1.165, 1.54) is 6.92 Å². The second-order valence-electron chi connectivity index (χ2n) is 5.37. The third-order valence-corrected chi connectivity index (χ3v) is 3.28. The molecule has 0 bridgehead atoms. The molecule has 1 amide bonds. The molecular formula is C16H19N3O3. The molecule has 1 aliphatic rings. The molecule has 0 fully saturated rings. The summed E-state index contributed by atoms with van der Waals surface area (Å²) >= 11 is 0. The van der Waals surface area contributed by atoms with Crippen molar-refractivity contribution in [2.45, 2.75) is 6.92 Å². The third kappa shape index (κ3) is 3.23. The van der Waals surface area contributed by atoms with E-state index in [0.29, 0.717) is 24.2 Å². The smallest absolute Gasteiger partial charge is 0.221 e. The van der Waals surface area contributed by atoms with Gasteiger partial charge in [0.1, 0.15) is 11.4 Å². The maximum atomic E-state index is 12.6. The fourth-order valence-corrected chi connectivity index (χ4v) is 2.24. The molecule has 1 aromatic rings. The van der Waals surface area contributed by atoms with Crippen LogP contribution in [0.15, 0.2) is 35.7 Å². The summed E-state index contributed by atoms with van der Waals surface area (Å²) < 4.78 is 0. The molecule has 0 atom stereocenters. The van der Waals surface area contributed by atoms with Gasteiger partial charge < -0.3 is 15.5 Å². The predicted octanol–water partition coefficient (Wildman–Crippen LogP) is 0.564. The van der Waals surface area contributed by atoms with Gasteiger partial charge in [0.25, 0.3) is 0 Å². The number of allylic oxidation sites excluding steroid dienone is 2.